The van der Waals surface area contributed by atoms with Gasteiger partial charge in [-0.15, -0.1) is 0 Å². The van der Waals surface area contributed by atoms with Gasteiger partial charge >= 0.3 is 0 Å². The minimum atomic E-state index is -0.338. The fraction of sp³-hybridized carbons (Fsp3) is 0.600. The molecule has 0 aliphatic heterocycles. The number of nitrogens with one attached hydrogen (secondary N) is 1. The van der Waals surface area contributed by atoms with Crippen LogP contribution in [-0.2, 0) is 0 Å². The average molecular weight is 269 g/mol. The van der Waals surface area contributed by atoms with Crippen LogP contribution in [0.15, 0.2) is 18.2 Å². The van der Waals surface area contributed by atoms with Crippen LogP contribution < -0.4 is 10.1 Å². The summed E-state index contributed by atoms with van der Waals surface area (Å²) in [4.78, 5) is 0. The van der Waals surface area contributed by atoms with Gasteiger partial charge in [0.25, 0.3) is 0 Å². The third kappa shape index (κ3) is 5.17. The maximum Gasteiger partial charge on any atom is 0.165 e. The second kappa shape index (κ2) is 8.12. The number of benzene rings is 1. The molecule has 1 rings (SSSR count). The summed E-state index contributed by atoms with van der Waals surface area (Å²) in [6.07, 6.45) is 2.02. The van der Waals surface area contributed by atoms with E-state index in [1.54, 1.807) is 12.1 Å². The Balaban J connectivity index is 2.43. The molecule has 0 aliphatic rings. The predicted molar refractivity (Wildman–Crippen MR) is 74.9 cm³/mol. The van der Waals surface area contributed by atoms with Gasteiger partial charge < -0.3 is 15.2 Å². The molecular formula is C15H24FNO2. The van der Waals surface area contributed by atoms with Crippen LogP contribution in [0.5, 0.6) is 5.75 Å². The van der Waals surface area contributed by atoms with Crippen molar-refractivity contribution in [1.29, 1.82) is 0 Å². The van der Waals surface area contributed by atoms with E-state index in [1.165, 1.54) is 13.2 Å². The van der Waals surface area contributed by atoms with Gasteiger partial charge in [0.1, 0.15) is 0 Å². The summed E-state index contributed by atoms with van der Waals surface area (Å²) in [5, 5.41) is 12.3. The first kappa shape index (κ1) is 15.9. The molecule has 0 aliphatic carbocycles. The van der Waals surface area contributed by atoms with Crippen LogP contribution in [0, 0.1) is 11.7 Å². The van der Waals surface area contributed by atoms with E-state index in [0.29, 0.717) is 5.92 Å². The van der Waals surface area contributed by atoms with Crippen LogP contribution in [0.2, 0.25) is 0 Å². The van der Waals surface area contributed by atoms with Gasteiger partial charge in [-0.25, -0.2) is 4.39 Å². The molecule has 1 aromatic carbocycles. The van der Waals surface area contributed by atoms with E-state index in [4.69, 9.17) is 9.84 Å². The number of hydrogen-bond acceptors (Lipinski definition) is 3. The zero-order valence-electron chi connectivity index (χ0n) is 11.9. The zero-order valence-corrected chi connectivity index (χ0v) is 11.9. The van der Waals surface area contributed by atoms with Crippen LogP contribution >= 0.6 is 0 Å². The molecule has 2 N–H and O–H groups in total. The van der Waals surface area contributed by atoms with E-state index in [-0.39, 0.29) is 24.2 Å². The molecule has 0 spiro atoms. The Labute approximate surface area is 114 Å². The number of hydrogen-bond donors (Lipinski definition) is 2. The van der Waals surface area contributed by atoms with E-state index >= 15 is 0 Å². The summed E-state index contributed by atoms with van der Waals surface area (Å²) in [7, 11) is 1.47. The van der Waals surface area contributed by atoms with E-state index < -0.39 is 0 Å². The van der Waals surface area contributed by atoms with Gasteiger partial charge in [-0.3, -0.25) is 0 Å². The predicted octanol–water partition coefficient (Wildman–Crippen LogP) is 2.89. The van der Waals surface area contributed by atoms with E-state index in [1.807, 2.05) is 13.8 Å². The number of aliphatic hydroxyl groups is 1. The van der Waals surface area contributed by atoms with Gasteiger partial charge in [-0.05, 0) is 49.9 Å². The smallest absolute Gasteiger partial charge is 0.165 e. The minimum Gasteiger partial charge on any atom is -0.494 e. The van der Waals surface area contributed by atoms with Gasteiger partial charge in [-0.2, -0.15) is 0 Å². The Morgan fingerprint density at radius 3 is 2.74 bits per heavy atom. The highest BCUT2D eigenvalue weighted by Crippen LogP contribution is 2.22. The minimum absolute atomic E-state index is 0.152. The van der Waals surface area contributed by atoms with Crippen LogP contribution in [-0.4, -0.2) is 25.4 Å². The number of rotatable bonds is 8. The van der Waals surface area contributed by atoms with Crippen molar-refractivity contribution in [1.82, 2.24) is 5.32 Å². The quantitative estimate of drug-likeness (QED) is 0.713. The number of ether oxygens (including phenoxy) is 1. The second-order valence-corrected chi connectivity index (χ2v) is 5.00. The summed E-state index contributed by atoms with van der Waals surface area (Å²) < 4.78 is 18.3. The Morgan fingerprint density at radius 1 is 1.37 bits per heavy atom. The highest BCUT2D eigenvalue weighted by atomic mass is 19.1. The van der Waals surface area contributed by atoms with Crippen LogP contribution in [0.1, 0.15) is 38.3 Å². The number of halogens is 1. The molecule has 4 heteroatoms. The van der Waals surface area contributed by atoms with Gasteiger partial charge in [-0.1, -0.05) is 13.0 Å². The lowest BCUT2D eigenvalue weighted by atomic mass is 10.1. The summed E-state index contributed by atoms with van der Waals surface area (Å²) in [6, 6.07) is 5.08. The molecule has 0 bridgehead atoms. The lowest BCUT2D eigenvalue weighted by Crippen LogP contribution is -2.20. The van der Waals surface area contributed by atoms with Crippen LogP contribution in [0.3, 0.4) is 0 Å². The maximum atomic E-state index is 13.3. The Morgan fingerprint density at radius 2 is 2.11 bits per heavy atom. The molecule has 2 atom stereocenters. The first-order chi connectivity index (χ1) is 9.08. The van der Waals surface area contributed by atoms with Crippen molar-refractivity contribution in [2.24, 2.45) is 5.92 Å². The highest BCUT2D eigenvalue weighted by Gasteiger charge is 2.09. The number of aliphatic hydroxyl groups excluding tert-OH is 1. The molecule has 0 saturated heterocycles. The molecule has 2 unspecified atom stereocenters. The van der Waals surface area contributed by atoms with Crippen molar-refractivity contribution in [3.05, 3.63) is 29.6 Å². The lowest BCUT2D eigenvalue weighted by molar-refractivity contribution is 0.227. The Kier molecular flexibility index (Phi) is 6.81. The SMILES string of the molecule is COc1cc(C(C)NCCCC(C)CO)ccc1F. The number of methoxy groups -OCH3 is 1. The fourth-order valence-corrected chi connectivity index (χ4v) is 1.92. The fourth-order valence-electron chi connectivity index (χ4n) is 1.92. The molecule has 0 aromatic heterocycles. The molecule has 19 heavy (non-hydrogen) atoms. The van der Waals surface area contributed by atoms with E-state index in [2.05, 4.69) is 5.32 Å². The second-order valence-electron chi connectivity index (χ2n) is 5.00. The Hall–Kier alpha value is -1.13. The zero-order chi connectivity index (χ0) is 14.3. The molecule has 0 radical (unpaired) electrons. The summed E-state index contributed by atoms with van der Waals surface area (Å²) in [6.45, 7) is 5.20. The van der Waals surface area contributed by atoms with E-state index in [0.717, 1.165) is 24.9 Å². The molecule has 108 valence electrons. The first-order valence-electron chi connectivity index (χ1n) is 6.76. The topological polar surface area (TPSA) is 41.5 Å². The average Bonchev–Trinajstić information content (AvgIpc) is 2.43. The molecule has 0 amide bonds. The van der Waals surface area contributed by atoms with Gasteiger partial charge in [0, 0.05) is 12.6 Å². The molecule has 0 saturated carbocycles. The third-order valence-electron chi connectivity index (χ3n) is 3.31. The summed E-state index contributed by atoms with van der Waals surface area (Å²) in [5.41, 5.74) is 1.01. The van der Waals surface area contributed by atoms with Crippen molar-refractivity contribution in [2.75, 3.05) is 20.3 Å². The van der Waals surface area contributed by atoms with E-state index in [9.17, 15) is 4.39 Å². The van der Waals surface area contributed by atoms with Crippen molar-refractivity contribution >= 4 is 0 Å². The highest BCUT2D eigenvalue weighted by molar-refractivity contribution is 5.31. The monoisotopic (exact) mass is 269 g/mol. The maximum absolute atomic E-state index is 13.3. The third-order valence-corrected chi connectivity index (χ3v) is 3.31. The van der Waals surface area contributed by atoms with Gasteiger partial charge in [0.15, 0.2) is 11.6 Å². The first-order valence-corrected chi connectivity index (χ1v) is 6.76. The van der Waals surface area contributed by atoms with Crippen LogP contribution in [0.4, 0.5) is 4.39 Å². The molecule has 0 heterocycles. The molecule has 3 nitrogen and oxygen atoms in total. The largest absolute Gasteiger partial charge is 0.494 e. The standard InChI is InChI=1S/C15H24FNO2/c1-11(10-18)5-4-8-17-12(2)13-6-7-14(16)15(9-13)19-3/h6-7,9,11-12,17-18H,4-5,8,10H2,1-3H3. The molecule has 0 fully saturated rings. The van der Waals surface area contributed by atoms with Crippen LogP contribution in [0.25, 0.3) is 0 Å². The van der Waals surface area contributed by atoms with Crippen molar-refractivity contribution in [2.45, 2.75) is 32.7 Å². The molecule has 1 aromatic rings. The van der Waals surface area contributed by atoms with Gasteiger partial charge in [0.05, 0.1) is 7.11 Å². The molecular weight excluding hydrogens is 245 g/mol. The summed E-state index contributed by atoms with van der Waals surface area (Å²) in [5.74, 6) is 0.290. The normalized spacial score (nSPS) is 14.2. The van der Waals surface area contributed by atoms with Crippen molar-refractivity contribution in [3.63, 3.8) is 0 Å². The lowest BCUT2D eigenvalue weighted by Gasteiger charge is -2.16. The van der Waals surface area contributed by atoms with Gasteiger partial charge in [0.2, 0.25) is 0 Å². The van der Waals surface area contributed by atoms with Crippen molar-refractivity contribution in [3.8, 4) is 5.75 Å². The Bertz CT molecular complexity index is 384. The summed E-state index contributed by atoms with van der Waals surface area (Å²) >= 11 is 0. The van der Waals surface area contributed by atoms with Crippen molar-refractivity contribution < 1.29 is 14.2 Å².